The molecular formula is C62H100O25. The molecule has 0 radical (unpaired) electrons. The minimum Gasteiger partial charge on any atom is -0.458 e. The zero-order valence-corrected chi connectivity index (χ0v) is 53.0. The summed E-state index contributed by atoms with van der Waals surface area (Å²) >= 11 is 0. The largest absolute Gasteiger partial charge is 0.458 e. The van der Waals surface area contributed by atoms with E-state index in [1.165, 1.54) is 28.1 Å². The van der Waals surface area contributed by atoms with Crippen molar-refractivity contribution in [3.8, 4) is 0 Å². The summed E-state index contributed by atoms with van der Waals surface area (Å²) in [6.07, 6.45) is -16.4. The van der Waals surface area contributed by atoms with E-state index in [0.29, 0.717) is 51.4 Å². The summed E-state index contributed by atoms with van der Waals surface area (Å²) in [5.41, 5.74) is -2.01. The number of ketones is 1. The first-order valence-electron chi connectivity index (χ1n) is 31.4. The van der Waals surface area contributed by atoms with E-state index in [1.54, 1.807) is 28.1 Å². The molecule has 5 saturated heterocycles. The van der Waals surface area contributed by atoms with Crippen molar-refractivity contribution >= 4 is 17.7 Å². The quantitative estimate of drug-likeness (QED) is 0.0754. The zero-order chi connectivity index (χ0) is 63.4. The van der Waals surface area contributed by atoms with Crippen LogP contribution < -0.4 is 0 Å². The highest BCUT2D eigenvalue weighted by atomic mass is 16.8. The molecule has 0 aromatic carbocycles. The van der Waals surface area contributed by atoms with Crippen LogP contribution in [-0.2, 0) is 90.2 Å². The van der Waals surface area contributed by atoms with Gasteiger partial charge in [0.05, 0.1) is 61.0 Å². The molecule has 0 spiro atoms. The number of fused-ring (bicyclic) bond motifs is 5. The number of hydrogen-bond acceptors (Lipinski definition) is 25. The Morgan fingerprint density at radius 2 is 1.15 bits per heavy atom. The number of aliphatic hydroxyl groups excluding tert-OH is 5. The van der Waals surface area contributed by atoms with Crippen molar-refractivity contribution in [2.45, 2.75) is 293 Å². The van der Waals surface area contributed by atoms with Gasteiger partial charge < -0.3 is 106 Å². The second-order valence-electron chi connectivity index (χ2n) is 26.8. The standard InChI is InChI=1S/C62H100O25/c1-27(2)21-42(66)83-57-55(80-33(8)65)46-37(62(71)20-18-36(28(3)64)61(57,62)10)16-15-34-22-35(17-19-60(34,46)9)81-43-23-38(72-11)51(29(4)76-43)84-44-24-39(73-12)52(30(5)77-44)85-45-25-40(74-13)53(31(6)78-45)86-59-50(70)56(75-14)54(32(7)79-59)87-58-49(69)48(68)47(67)41(26-63)82-58/h15,27,29-32,35-41,43-59,63,67-71H,16-26H2,1-14H3/t29-,30-,31-,32-,35+,36-,37-,38+,39+,40-,41-,43+,44+,45+,46-,47-,48+,49-,50-,51-,52-,53-,54-,55+,56+,57-,58+,59+,60+,61+,62+/m1/s1. The zero-order valence-electron chi connectivity index (χ0n) is 53.0. The smallest absolute Gasteiger partial charge is 0.306 e. The van der Waals surface area contributed by atoms with Gasteiger partial charge in [0, 0.05) is 78.3 Å². The van der Waals surface area contributed by atoms with Crippen LogP contribution >= 0.6 is 0 Å². The SMILES string of the molecule is CO[C@H]1[C@@H](O)[C@H](O[C@@H]2[C@@H](C)O[C@@H](O[C@H]3[C@@H](OC)C[C@H](O[C@H]4[C@@H](OC)C[C@H](O[C@H]5CC[C@@]6(C)C(=CC[C@@H]7[C@@H]6[C@H](OC(C)=O)[C@@H](OC(=O)CC(C)C)[C@]6(C)[C@@H](C(C)=O)CC[C@]76O)C5)O[C@@H]4C)O[C@@H]3C)C[C@H]2OC)O[C@H](C)[C@H]1O[C@@H]1O[C@H](CO)[C@@H](O)[C@H](O)[C@H]1O. The molecule has 0 aromatic heterocycles. The van der Waals surface area contributed by atoms with Crippen molar-refractivity contribution < 1.29 is 121 Å². The second-order valence-corrected chi connectivity index (χ2v) is 26.8. The summed E-state index contributed by atoms with van der Waals surface area (Å²) in [5, 5.41) is 65.6. The number of carbonyl (C=O) groups excluding carboxylic acids is 3. The van der Waals surface area contributed by atoms with E-state index < -0.39 is 194 Å². The fraction of sp³-hybridized carbons (Fsp3) is 0.919. The summed E-state index contributed by atoms with van der Waals surface area (Å²) in [6.45, 7) is 17.3. The Bertz CT molecular complexity index is 2360. The first kappa shape index (κ1) is 68.9. The maximum atomic E-state index is 13.6. The molecule has 5 aliphatic heterocycles. The van der Waals surface area contributed by atoms with E-state index in [-0.39, 0.29) is 36.6 Å². The van der Waals surface area contributed by atoms with Crippen LogP contribution in [0.4, 0.5) is 0 Å². The van der Waals surface area contributed by atoms with Gasteiger partial charge in [-0.1, -0.05) is 39.3 Å². The first-order chi connectivity index (χ1) is 41.2. The summed E-state index contributed by atoms with van der Waals surface area (Å²) in [6, 6.07) is 0. The third-order valence-electron chi connectivity index (χ3n) is 21.1. The number of methoxy groups -OCH3 is 4. The molecule has 0 bridgehead atoms. The van der Waals surface area contributed by atoms with E-state index >= 15 is 0 Å². The van der Waals surface area contributed by atoms with Crippen LogP contribution in [0.3, 0.4) is 0 Å². The molecule has 9 rings (SSSR count). The molecule has 8 fully saturated rings. The van der Waals surface area contributed by atoms with Gasteiger partial charge in [-0.25, -0.2) is 0 Å². The van der Waals surface area contributed by atoms with Crippen LogP contribution in [0.5, 0.6) is 0 Å². The molecule has 5 heterocycles. The minimum atomic E-state index is -1.68. The number of hydrogen-bond donors (Lipinski definition) is 6. The van der Waals surface area contributed by atoms with Crippen LogP contribution in [0.25, 0.3) is 0 Å². The summed E-state index contributed by atoms with van der Waals surface area (Å²) in [7, 11) is 6.13. The van der Waals surface area contributed by atoms with Gasteiger partial charge in [0.15, 0.2) is 31.5 Å². The molecule has 498 valence electrons. The van der Waals surface area contributed by atoms with Crippen molar-refractivity contribution in [2.24, 2.45) is 34.5 Å². The molecule has 87 heavy (non-hydrogen) atoms. The summed E-state index contributed by atoms with van der Waals surface area (Å²) in [4.78, 5) is 40.1. The van der Waals surface area contributed by atoms with Crippen LogP contribution in [0.15, 0.2) is 11.6 Å². The third-order valence-corrected chi connectivity index (χ3v) is 21.1. The molecule has 31 atom stereocenters. The van der Waals surface area contributed by atoms with Crippen molar-refractivity contribution in [2.75, 3.05) is 35.0 Å². The summed E-state index contributed by atoms with van der Waals surface area (Å²) in [5.74, 6) is -2.45. The number of Topliss-reactive ketones (excluding diaryl/α,β-unsaturated/α-hetero) is 1. The number of rotatable bonds is 20. The third kappa shape index (κ3) is 13.4. The van der Waals surface area contributed by atoms with Crippen molar-refractivity contribution in [1.29, 1.82) is 0 Å². The Balaban J connectivity index is 0.790. The average Bonchev–Trinajstić information content (AvgIpc) is 1.99. The molecule has 4 aliphatic carbocycles. The van der Waals surface area contributed by atoms with Crippen molar-refractivity contribution in [3.63, 3.8) is 0 Å². The number of allylic oxidation sites excluding steroid dienone is 1. The summed E-state index contributed by atoms with van der Waals surface area (Å²) < 4.78 is 100. The van der Waals surface area contributed by atoms with Crippen LogP contribution in [0, 0.1) is 34.5 Å². The van der Waals surface area contributed by atoms with Crippen LogP contribution in [0.2, 0.25) is 0 Å². The van der Waals surface area contributed by atoms with E-state index in [2.05, 4.69) is 13.0 Å². The molecule has 0 unspecified atom stereocenters. The van der Waals surface area contributed by atoms with Gasteiger partial charge in [-0.15, -0.1) is 0 Å². The Kier molecular flexibility index (Phi) is 22.2. The number of esters is 2. The Hall–Kier alpha value is -2.45. The highest BCUT2D eigenvalue weighted by Crippen LogP contribution is 2.69. The average molecular weight is 1250 g/mol. The molecule has 0 aromatic rings. The maximum absolute atomic E-state index is 13.6. The topological polar surface area (TPSA) is 320 Å². The van der Waals surface area contributed by atoms with Gasteiger partial charge in [-0.2, -0.15) is 0 Å². The van der Waals surface area contributed by atoms with Gasteiger partial charge in [-0.3, -0.25) is 14.4 Å². The molecule has 25 nitrogen and oxygen atoms in total. The van der Waals surface area contributed by atoms with Crippen LogP contribution in [-0.4, -0.2) is 243 Å². The van der Waals surface area contributed by atoms with Gasteiger partial charge in [0.2, 0.25) is 0 Å². The monoisotopic (exact) mass is 1240 g/mol. The van der Waals surface area contributed by atoms with Crippen molar-refractivity contribution in [3.05, 3.63) is 11.6 Å². The van der Waals surface area contributed by atoms with Gasteiger partial charge in [0.25, 0.3) is 0 Å². The Labute approximate surface area is 510 Å². The Morgan fingerprint density at radius 3 is 1.67 bits per heavy atom. The molecule has 9 aliphatic rings. The van der Waals surface area contributed by atoms with E-state index in [9.17, 15) is 45.0 Å². The predicted molar refractivity (Wildman–Crippen MR) is 302 cm³/mol. The van der Waals surface area contributed by atoms with Crippen molar-refractivity contribution in [1.82, 2.24) is 0 Å². The Morgan fingerprint density at radius 1 is 0.621 bits per heavy atom. The number of ether oxygens (including phenoxy) is 16. The fourth-order valence-corrected chi connectivity index (χ4v) is 16.6. The lowest BCUT2D eigenvalue weighted by atomic mass is 9.44. The molecule has 3 saturated carbocycles. The van der Waals surface area contributed by atoms with Crippen LogP contribution in [0.1, 0.15) is 133 Å². The van der Waals surface area contributed by atoms with E-state index in [4.69, 9.17) is 75.8 Å². The highest BCUT2D eigenvalue weighted by molar-refractivity contribution is 5.80. The first-order valence-corrected chi connectivity index (χ1v) is 31.4. The molecule has 0 amide bonds. The number of carbonyl (C=O) groups is 3. The van der Waals surface area contributed by atoms with E-state index in [1.807, 2.05) is 34.6 Å². The normalized spacial score (nSPS) is 49.2. The molecular weight excluding hydrogens is 1140 g/mol. The second kappa shape index (κ2) is 28.0. The highest BCUT2D eigenvalue weighted by Gasteiger charge is 2.75. The lowest BCUT2D eigenvalue weighted by Crippen LogP contribution is -2.72. The fourth-order valence-electron chi connectivity index (χ4n) is 16.6. The predicted octanol–water partition coefficient (Wildman–Crippen LogP) is 2.68. The van der Waals surface area contributed by atoms with Gasteiger partial charge >= 0.3 is 11.9 Å². The maximum Gasteiger partial charge on any atom is 0.306 e. The van der Waals surface area contributed by atoms with Gasteiger partial charge in [-0.05, 0) is 90.4 Å². The molecule has 25 heteroatoms. The lowest BCUT2D eigenvalue weighted by Gasteiger charge is -2.64. The van der Waals surface area contributed by atoms with Gasteiger partial charge in [0.1, 0.15) is 79.0 Å². The van der Waals surface area contributed by atoms with E-state index in [0.717, 1.165) is 5.57 Å². The number of aliphatic hydroxyl groups is 6. The minimum absolute atomic E-state index is 0.000575. The lowest BCUT2D eigenvalue weighted by molar-refractivity contribution is -0.374. The molecule has 6 N–H and O–H groups in total.